The summed E-state index contributed by atoms with van der Waals surface area (Å²) in [6.45, 7) is 1.41. The lowest BCUT2D eigenvalue weighted by Gasteiger charge is -1.66. The van der Waals surface area contributed by atoms with Gasteiger partial charge in [-0.15, -0.1) is 0 Å². The van der Waals surface area contributed by atoms with Gasteiger partial charge >= 0.3 is 0 Å². The lowest BCUT2D eigenvalue weighted by atomic mass is 10.8. The normalized spacial score (nSPS) is 21.2. The van der Waals surface area contributed by atoms with Gasteiger partial charge in [0.1, 0.15) is 0 Å². The first-order valence-electron chi connectivity index (χ1n) is 2.29. The fourth-order valence-corrected chi connectivity index (χ4v) is 0. The highest BCUT2D eigenvalue weighted by molar-refractivity contribution is 5.73. The largest absolute Gasteiger partial charge is 0.388 e. The maximum absolute atomic E-state index is 6.43. The van der Waals surface area contributed by atoms with Crippen LogP contribution in [0.5, 0.6) is 0 Å². The number of amidine groups is 1. The van der Waals surface area contributed by atoms with Crippen LogP contribution in [0.3, 0.4) is 0 Å². The molecular formula is C2H6N2. The summed E-state index contributed by atoms with van der Waals surface area (Å²) < 4.78 is 19.1. The van der Waals surface area contributed by atoms with Crippen molar-refractivity contribution in [2.45, 2.75) is 6.92 Å². The first kappa shape index (κ1) is 0.708. The molecule has 0 aromatic rings. The Morgan fingerprint density at radius 3 is 3.50 bits per heavy atom. The standard InChI is InChI=1S/C2H6N2/c1-2(3)4/h1H3,(H3,3,4)/i/hD3. The molecule has 0 spiro atoms. The first-order valence-corrected chi connectivity index (χ1v) is 0.947. The van der Waals surface area contributed by atoms with Crippen molar-refractivity contribution in [1.82, 2.24) is 0 Å². The van der Waals surface area contributed by atoms with Crippen LogP contribution in [-0.2, 0) is 0 Å². The van der Waals surface area contributed by atoms with Crippen molar-refractivity contribution in [2.75, 3.05) is 0 Å². The molecule has 0 unspecified atom stereocenters. The minimum absolute atomic E-state index is 0.0556. The molecule has 24 valence electrons. The monoisotopic (exact) mass is 61.1 g/mol. The second-order valence-electron chi connectivity index (χ2n) is 0.547. The van der Waals surface area contributed by atoms with Crippen molar-refractivity contribution in [3.63, 3.8) is 0 Å². The van der Waals surface area contributed by atoms with Crippen LogP contribution < -0.4 is 5.72 Å². The van der Waals surface area contributed by atoms with E-state index in [2.05, 4.69) is 5.40 Å². The molecule has 4 heavy (non-hydrogen) atoms. The van der Waals surface area contributed by atoms with Gasteiger partial charge in [-0.05, 0) is 6.92 Å². The molecule has 0 aliphatic carbocycles. The van der Waals surface area contributed by atoms with E-state index in [-0.39, 0.29) is 11.6 Å². The second kappa shape index (κ2) is 0.875. The van der Waals surface area contributed by atoms with E-state index in [1.807, 2.05) is 0 Å². The summed E-state index contributed by atoms with van der Waals surface area (Å²) in [6, 6.07) is 0. The van der Waals surface area contributed by atoms with Crippen LogP contribution in [-0.4, -0.2) is 5.84 Å². The van der Waals surface area contributed by atoms with Crippen LogP contribution in [0.2, 0.25) is 4.24 Å². The average Bonchev–Trinajstić information content (AvgIpc) is 1.65. The molecule has 0 saturated carbocycles. The molecule has 0 saturated heterocycles. The quantitative estimate of drug-likeness (QED) is 0.299. The summed E-state index contributed by atoms with van der Waals surface area (Å²) in [5.74, 6) is 0.0556. The lowest BCUT2D eigenvalue weighted by molar-refractivity contribution is 1.42. The first-order chi connectivity index (χ1) is 3.18. The zero-order valence-corrected chi connectivity index (χ0v) is 2.39. The van der Waals surface area contributed by atoms with Gasteiger partial charge in [-0.25, -0.2) is 0 Å². The fraction of sp³-hybridized carbons (Fsp3) is 0.500. The van der Waals surface area contributed by atoms with Crippen molar-refractivity contribution in [2.24, 2.45) is 5.72 Å². The Kier molecular flexibility index (Phi) is 0.155. The van der Waals surface area contributed by atoms with Gasteiger partial charge in [-0.2, -0.15) is 0 Å². The van der Waals surface area contributed by atoms with E-state index >= 15 is 0 Å². The zero-order chi connectivity index (χ0) is 5.86. The van der Waals surface area contributed by atoms with Crippen molar-refractivity contribution in [3.8, 4) is 0 Å². The van der Waals surface area contributed by atoms with Gasteiger partial charge in [0, 0.05) is 0 Å². The number of rotatable bonds is 0. The second-order valence-corrected chi connectivity index (χ2v) is 0.547. The van der Waals surface area contributed by atoms with Crippen LogP contribution in [0.25, 0.3) is 0 Å². The smallest absolute Gasteiger partial charge is 0.189 e. The minimum Gasteiger partial charge on any atom is -0.388 e. The van der Waals surface area contributed by atoms with Crippen molar-refractivity contribution >= 4 is 5.84 Å². The Balaban J connectivity index is 3.56. The molecule has 0 atom stereocenters. The van der Waals surface area contributed by atoms with Gasteiger partial charge in [0.15, 0.2) is 4.24 Å². The van der Waals surface area contributed by atoms with Gasteiger partial charge in [0.05, 0.1) is 5.84 Å². The third kappa shape index (κ3) is 1.16. The molecule has 3 N–H and O–H groups in total. The van der Waals surface area contributed by atoms with E-state index in [0.717, 1.165) is 0 Å². The molecule has 2 nitrogen and oxygen atoms in total. The average molecular weight is 61.1 g/mol. The number of nitrogens with one attached hydrogen (secondary N) is 1. The minimum atomic E-state index is 0.0556. The number of hydrogen-bond donors (Lipinski definition) is 2. The van der Waals surface area contributed by atoms with Gasteiger partial charge in [-0.1, -0.05) is 0 Å². The Morgan fingerprint density at radius 2 is 3.50 bits per heavy atom. The molecule has 2 heteroatoms. The topological polar surface area (TPSA) is 49.9 Å². The summed E-state index contributed by atoms with van der Waals surface area (Å²) >= 11 is 0. The maximum Gasteiger partial charge on any atom is 0.189 e. The number of hydrogen-bond acceptors (Lipinski definition) is 1. The molecular weight excluding hydrogens is 52.0 g/mol. The summed E-state index contributed by atoms with van der Waals surface area (Å²) in [7, 11) is 0. The summed E-state index contributed by atoms with van der Waals surface area (Å²) in [5.41, 5.74) is 0.285. The van der Waals surface area contributed by atoms with Gasteiger partial charge in [0.25, 0.3) is 0 Å². The molecule has 0 aliphatic heterocycles. The summed E-state index contributed by atoms with van der Waals surface area (Å²) in [4.78, 5) is 0. The van der Waals surface area contributed by atoms with Gasteiger partial charge in [-0.3, -0.25) is 5.40 Å². The predicted octanol–water partition coefficient (Wildman–Crippen LogP) is -0.0577. The van der Waals surface area contributed by atoms with Crippen molar-refractivity contribution < 1.29 is 4.24 Å². The highest BCUT2D eigenvalue weighted by Gasteiger charge is 1.53. The molecule has 0 rings (SSSR count). The van der Waals surface area contributed by atoms with E-state index in [4.69, 9.17) is 4.24 Å². The van der Waals surface area contributed by atoms with Crippen LogP contribution in [0.4, 0.5) is 0 Å². The molecule has 0 fully saturated rings. The third-order valence-electron chi connectivity index (χ3n) is 0. The van der Waals surface area contributed by atoms with E-state index in [1.165, 1.54) is 6.92 Å². The molecule has 0 heterocycles. The highest BCUT2D eigenvalue weighted by Crippen LogP contribution is 1.36. The van der Waals surface area contributed by atoms with Crippen molar-refractivity contribution in [3.05, 3.63) is 0 Å². The molecule has 0 radical (unpaired) electrons. The maximum atomic E-state index is 6.43. The number of nitrogens with two attached hydrogens (primary N) is 1. The lowest BCUT2D eigenvalue weighted by Crippen LogP contribution is -2.00. The molecule has 0 amide bonds. The Bertz CT molecular complexity index is 79.0. The van der Waals surface area contributed by atoms with E-state index in [0.29, 0.717) is 0 Å². The predicted molar refractivity (Wildman–Crippen MR) is 17.6 cm³/mol. The van der Waals surface area contributed by atoms with E-state index in [9.17, 15) is 0 Å². The summed E-state index contributed by atoms with van der Waals surface area (Å²) in [6.07, 6.45) is 0. The SMILES string of the molecule is [2H]N=C(C)N([2H])[2H]. The van der Waals surface area contributed by atoms with Crippen LogP contribution in [0.15, 0.2) is 0 Å². The van der Waals surface area contributed by atoms with Crippen LogP contribution in [0, 0.1) is 5.40 Å². The molecule has 0 aliphatic rings. The molecule has 0 aromatic carbocycles. The van der Waals surface area contributed by atoms with E-state index < -0.39 is 0 Å². The van der Waals surface area contributed by atoms with Gasteiger partial charge < -0.3 is 5.72 Å². The van der Waals surface area contributed by atoms with Crippen LogP contribution in [0.1, 0.15) is 6.92 Å². The Hall–Kier alpha value is -0.530. The highest BCUT2D eigenvalue weighted by atomic mass is 14.7. The van der Waals surface area contributed by atoms with Crippen molar-refractivity contribution in [1.29, 1.82) is 5.40 Å². The van der Waals surface area contributed by atoms with Gasteiger partial charge in [0.2, 0.25) is 0 Å². The Morgan fingerprint density at radius 1 is 2.75 bits per heavy atom. The fourth-order valence-electron chi connectivity index (χ4n) is 0. The molecule has 0 aromatic heterocycles. The summed E-state index contributed by atoms with van der Waals surface area (Å²) in [5, 5.41) is 2.81. The molecule has 0 bridgehead atoms. The Labute approximate surface area is 29.5 Å². The van der Waals surface area contributed by atoms with Crippen LogP contribution >= 0.6 is 0 Å². The zero-order valence-electron chi connectivity index (χ0n) is 5.39. The third-order valence-corrected chi connectivity index (χ3v) is 0. The van der Waals surface area contributed by atoms with E-state index in [1.54, 1.807) is 0 Å².